The van der Waals surface area contributed by atoms with Crippen LogP contribution < -0.4 is 16.4 Å². The van der Waals surface area contributed by atoms with Gasteiger partial charge < -0.3 is 16.4 Å². The SMILES string of the molecule is Cc1ccc2nc(Nc3ncnc(NCc4ccccc4Cl)c3N)sc2c1. The first-order valence-electron chi connectivity index (χ1n) is 8.32. The first kappa shape index (κ1) is 17.5. The number of anilines is 4. The molecule has 2 heterocycles. The van der Waals surface area contributed by atoms with Gasteiger partial charge in [0.1, 0.15) is 12.0 Å². The first-order chi connectivity index (χ1) is 13.1. The van der Waals surface area contributed by atoms with Gasteiger partial charge in [-0.05, 0) is 36.2 Å². The van der Waals surface area contributed by atoms with Crippen molar-refractivity contribution in [3.05, 3.63) is 64.9 Å². The van der Waals surface area contributed by atoms with Crippen LogP contribution in [0.5, 0.6) is 0 Å². The Bertz CT molecular complexity index is 1110. The molecule has 8 heteroatoms. The number of fused-ring (bicyclic) bond motifs is 1. The minimum atomic E-state index is 0.431. The summed E-state index contributed by atoms with van der Waals surface area (Å²) in [5, 5.41) is 7.84. The Morgan fingerprint density at radius 1 is 1.11 bits per heavy atom. The molecule has 0 atom stereocenters. The normalized spacial score (nSPS) is 10.9. The summed E-state index contributed by atoms with van der Waals surface area (Å²) >= 11 is 7.75. The van der Waals surface area contributed by atoms with E-state index in [-0.39, 0.29) is 0 Å². The van der Waals surface area contributed by atoms with Gasteiger partial charge >= 0.3 is 0 Å². The van der Waals surface area contributed by atoms with E-state index in [4.69, 9.17) is 17.3 Å². The van der Waals surface area contributed by atoms with Crippen LogP contribution in [0.2, 0.25) is 5.02 Å². The van der Waals surface area contributed by atoms with Crippen LogP contribution in [-0.4, -0.2) is 15.0 Å². The molecule has 2 aromatic carbocycles. The number of aryl methyl sites for hydroxylation is 1. The van der Waals surface area contributed by atoms with Gasteiger partial charge in [0.15, 0.2) is 16.8 Å². The number of aromatic nitrogens is 3. The van der Waals surface area contributed by atoms with E-state index in [1.807, 2.05) is 36.4 Å². The lowest BCUT2D eigenvalue weighted by Gasteiger charge is -2.12. The Morgan fingerprint density at radius 2 is 1.93 bits per heavy atom. The maximum Gasteiger partial charge on any atom is 0.189 e. The number of rotatable bonds is 5. The summed E-state index contributed by atoms with van der Waals surface area (Å²) in [6.45, 7) is 2.58. The molecule has 0 fully saturated rings. The van der Waals surface area contributed by atoms with Crippen LogP contribution in [0.4, 0.5) is 22.5 Å². The monoisotopic (exact) mass is 396 g/mol. The molecular formula is C19H17ClN6S. The molecule has 0 spiro atoms. The summed E-state index contributed by atoms with van der Waals surface area (Å²) in [6.07, 6.45) is 1.46. The molecule has 4 N–H and O–H groups in total. The summed E-state index contributed by atoms with van der Waals surface area (Å²) in [5.41, 5.74) is 9.78. The molecule has 0 unspecified atom stereocenters. The molecule has 0 saturated carbocycles. The van der Waals surface area contributed by atoms with Crippen molar-refractivity contribution >= 4 is 55.6 Å². The molecule has 0 saturated heterocycles. The smallest absolute Gasteiger partial charge is 0.189 e. The van der Waals surface area contributed by atoms with E-state index in [0.717, 1.165) is 20.9 Å². The molecule has 4 aromatic rings. The highest BCUT2D eigenvalue weighted by Gasteiger charge is 2.11. The Morgan fingerprint density at radius 3 is 2.78 bits per heavy atom. The van der Waals surface area contributed by atoms with E-state index in [1.54, 1.807) is 11.3 Å². The van der Waals surface area contributed by atoms with Crippen molar-refractivity contribution in [2.45, 2.75) is 13.5 Å². The molecule has 0 amide bonds. The Hall–Kier alpha value is -2.90. The van der Waals surface area contributed by atoms with Crippen LogP contribution >= 0.6 is 22.9 Å². The van der Waals surface area contributed by atoms with Gasteiger partial charge in [0.2, 0.25) is 0 Å². The number of hydrogen-bond acceptors (Lipinski definition) is 7. The number of thiazole rings is 1. The maximum absolute atomic E-state index is 6.25. The summed E-state index contributed by atoms with van der Waals surface area (Å²) < 4.78 is 1.11. The minimum Gasteiger partial charge on any atom is -0.393 e. The predicted molar refractivity (Wildman–Crippen MR) is 113 cm³/mol. The highest BCUT2D eigenvalue weighted by Crippen LogP contribution is 2.31. The van der Waals surface area contributed by atoms with Gasteiger partial charge in [-0.25, -0.2) is 15.0 Å². The Labute approximate surface area is 165 Å². The molecule has 6 nitrogen and oxygen atoms in total. The van der Waals surface area contributed by atoms with Crippen molar-refractivity contribution in [1.29, 1.82) is 0 Å². The third-order valence-electron chi connectivity index (χ3n) is 4.06. The van der Waals surface area contributed by atoms with E-state index < -0.39 is 0 Å². The summed E-state index contributed by atoms with van der Waals surface area (Å²) in [5.74, 6) is 1.06. The number of nitrogen functional groups attached to an aromatic ring is 1. The fourth-order valence-electron chi connectivity index (χ4n) is 2.64. The van der Waals surface area contributed by atoms with Crippen molar-refractivity contribution in [2.24, 2.45) is 0 Å². The second-order valence-corrected chi connectivity index (χ2v) is 7.48. The molecule has 4 rings (SSSR count). The number of halogens is 1. The van der Waals surface area contributed by atoms with Gasteiger partial charge in [-0.2, -0.15) is 0 Å². The highest BCUT2D eigenvalue weighted by molar-refractivity contribution is 7.22. The van der Waals surface area contributed by atoms with Gasteiger partial charge in [0.25, 0.3) is 0 Å². The topological polar surface area (TPSA) is 88.8 Å². The second kappa shape index (κ2) is 7.38. The van der Waals surface area contributed by atoms with Crippen LogP contribution in [0, 0.1) is 6.92 Å². The molecule has 136 valence electrons. The second-order valence-electron chi connectivity index (χ2n) is 6.04. The lowest BCUT2D eigenvalue weighted by Crippen LogP contribution is -2.08. The van der Waals surface area contributed by atoms with Crippen molar-refractivity contribution in [2.75, 3.05) is 16.4 Å². The van der Waals surface area contributed by atoms with E-state index in [0.29, 0.717) is 28.9 Å². The average Bonchev–Trinajstić information content (AvgIpc) is 3.05. The van der Waals surface area contributed by atoms with Crippen LogP contribution in [0.15, 0.2) is 48.8 Å². The van der Waals surface area contributed by atoms with Gasteiger partial charge in [-0.3, -0.25) is 0 Å². The zero-order chi connectivity index (χ0) is 18.8. The fraction of sp³-hybridized carbons (Fsp3) is 0.105. The zero-order valence-corrected chi connectivity index (χ0v) is 16.1. The molecule has 0 aliphatic heterocycles. The van der Waals surface area contributed by atoms with Crippen molar-refractivity contribution < 1.29 is 0 Å². The number of nitrogens with one attached hydrogen (secondary N) is 2. The van der Waals surface area contributed by atoms with E-state index >= 15 is 0 Å². The van der Waals surface area contributed by atoms with Crippen LogP contribution in [0.3, 0.4) is 0 Å². The molecule has 0 aliphatic rings. The highest BCUT2D eigenvalue weighted by atomic mass is 35.5. The maximum atomic E-state index is 6.25. The molecular weight excluding hydrogens is 380 g/mol. The molecule has 0 radical (unpaired) electrons. The molecule has 27 heavy (non-hydrogen) atoms. The van der Waals surface area contributed by atoms with Gasteiger partial charge in [-0.1, -0.05) is 47.2 Å². The van der Waals surface area contributed by atoms with Crippen molar-refractivity contribution in [3.8, 4) is 0 Å². The number of benzene rings is 2. The summed E-state index contributed by atoms with van der Waals surface area (Å²) in [4.78, 5) is 13.1. The Balaban J connectivity index is 1.55. The standard InChI is InChI=1S/C19H17ClN6S/c1-11-6-7-14-15(8-11)27-19(25-14)26-18-16(21)17(23-10-24-18)22-9-12-4-2-3-5-13(12)20/h2-8,10H,9,21H2,1H3,(H2,22,23,24,25,26). The van der Waals surface area contributed by atoms with Crippen LogP contribution in [0.1, 0.15) is 11.1 Å². The summed E-state index contributed by atoms with van der Waals surface area (Å²) in [7, 11) is 0. The quantitative estimate of drug-likeness (QED) is 0.440. The predicted octanol–water partition coefficient (Wildman–Crippen LogP) is 4.99. The third-order valence-corrected chi connectivity index (χ3v) is 5.36. The third kappa shape index (κ3) is 3.79. The number of hydrogen-bond donors (Lipinski definition) is 3. The van der Waals surface area contributed by atoms with Crippen molar-refractivity contribution in [3.63, 3.8) is 0 Å². The van der Waals surface area contributed by atoms with Gasteiger partial charge in [-0.15, -0.1) is 0 Å². The molecule has 0 bridgehead atoms. The largest absolute Gasteiger partial charge is 0.393 e. The molecule has 2 aromatic heterocycles. The minimum absolute atomic E-state index is 0.431. The van der Waals surface area contributed by atoms with Crippen LogP contribution in [-0.2, 0) is 6.54 Å². The van der Waals surface area contributed by atoms with Gasteiger partial charge in [0, 0.05) is 11.6 Å². The van der Waals surface area contributed by atoms with Crippen molar-refractivity contribution in [1.82, 2.24) is 15.0 Å². The fourth-order valence-corrected chi connectivity index (χ4v) is 3.81. The van der Waals surface area contributed by atoms with Gasteiger partial charge in [0.05, 0.1) is 10.2 Å². The van der Waals surface area contributed by atoms with Crippen LogP contribution in [0.25, 0.3) is 10.2 Å². The number of nitrogens with zero attached hydrogens (tertiary/aromatic N) is 3. The summed E-state index contributed by atoms with van der Waals surface area (Å²) in [6, 6.07) is 13.8. The van der Waals surface area contributed by atoms with E-state index in [1.165, 1.54) is 11.9 Å². The van der Waals surface area contributed by atoms with E-state index in [9.17, 15) is 0 Å². The average molecular weight is 397 g/mol. The number of nitrogens with two attached hydrogens (primary N) is 1. The van der Waals surface area contributed by atoms with E-state index in [2.05, 4.69) is 38.6 Å². The zero-order valence-electron chi connectivity index (χ0n) is 14.5. The Kier molecular flexibility index (Phi) is 4.79. The lowest BCUT2D eigenvalue weighted by atomic mass is 10.2. The molecule has 0 aliphatic carbocycles. The lowest BCUT2D eigenvalue weighted by molar-refractivity contribution is 1.09. The first-order valence-corrected chi connectivity index (χ1v) is 9.51.